The molecular weight excluding hydrogens is 250 g/mol. The van der Waals surface area contributed by atoms with Crippen LogP contribution in [0.4, 0.5) is 5.69 Å². The lowest BCUT2D eigenvalue weighted by atomic mass is 9.88. The van der Waals surface area contributed by atoms with Gasteiger partial charge in [0.2, 0.25) is 0 Å². The molecule has 0 spiro atoms. The van der Waals surface area contributed by atoms with E-state index < -0.39 is 5.97 Å². The Morgan fingerprint density at radius 2 is 2.15 bits per heavy atom. The van der Waals surface area contributed by atoms with Gasteiger partial charge in [0, 0.05) is 19.3 Å². The van der Waals surface area contributed by atoms with E-state index in [4.69, 9.17) is 5.11 Å². The number of hydrogen-bond donors (Lipinski definition) is 1. The molecule has 0 aromatic heterocycles. The lowest BCUT2D eigenvalue weighted by Crippen LogP contribution is -2.29. The van der Waals surface area contributed by atoms with Crippen LogP contribution in [-0.2, 0) is 0 Å². The fourth-order valence-corrected chi connectivity index (χ4v) is 4.27. The molecule has 3 atom stereocenters. The van der Waals surface area contributed by atoms with Gasteiger partial charge < -0.3 is 10.0 Å². The van der Waals surface area contributed by atoms with Gasteiger partial charge in [0.1, 0.15) is 0 Å². The Bertz CT molecular complexity index is 526. The number of fused-ring (bicyclic) bond motifs is 2. The largest absolute Gasteiger partial charge is 0.478 e. The summed E-state index contributed by atoms with van der Waals surface area (Å²) in [5.74, 6) is 1.89. The molecule has 2 saturated carbocycles. The van der Waals surface area contributed by atoms with E-state index in [0.29, 0.717) is 5.56 Å². The Balaban J connectivity index is 1.71. The van der Waals surface area contributed by atoms with E-state index in [1.165, 1.54) is 25.7 Å². The fourth-order valence-electron chi connectivity index (χ4n) is 4.27. The highest BCUT2D eigenvalue weighted by atomic mass is 16.4. The van der Waals surface area contributed by atoms with Gasteiger partial charge >= 0.3 is 5.97 Å². The summed E-state index contributed by atoms with van der Waals surface area (Å²) in [6.07, 6.45) is 5.69. The van der Waals surface area contributed by atoms with E-state index in [-0.39, 0.29) is 0 Å². The highest BCUT2D eigenvalue weighted by Gasteiger charge is 2.39. The van der Waals surface area contributed by atoms with Crippen molar-refractivity contribution in [3.8, 4) is 0 Å². The van der Waals surface area contributed by atoms with Gasteiger partial charge in [-0.1, -0.05) is 6.42 Å². The minimum Gasteiger partial charge on any atom is -0.478 e. The van der Waals surface area contributed by atoms with Crippen molar-refractivity contribution in [3.05, 3.63) is 29.3 Å². The number of carbonyl (C=O) groups is 1. The van der Waals surface area contributed by atoms with Crippen molar-refractivity contribution >= 4 is 11.7 Å². The van der Waals surface area contributed by atoms with Gasteiger partial charge in [0.05, 0.1) is 5.56 Å². The fraction of sp³-hybridized carbons (Fsp3) is 0.588. The molecule has 108 valence electrons. The Morgan fingerprint density at radius 3 is 2.70 bits per heavy atom. The predicted molar refractivity (Wildman–Crippen MR) is 80.3 cm³/mol. The van der Waals surface area contributed by atoms with Crippen molar-refractivity contribution in [2.24, 2.45) is 17.8 Å². The lowest BCUT2D eigenvalue weighted by molar-refractivity contribution is 0.0697. The molecule has 2 aliphatic rings. The second-order valence-corrected chi connectivity index (χ2v) is 6.62. The Hall–Kier alpha value is -1.51. The van der Waals surface area contributed by atoms with Gasteiger partial charge in [-0.2, -0.15) is 0 Å². The summed E-state index contributed by atoms with van der Waals surface area (Å²) in [6, 6.07) is 5.43. The van der Waals surface area contributed by atoms with Crippen molar-refractivity contribution in [2.75, 3.05) is 18.5 Å². The number of benzene rings is 1. The zero-order valence-electron chi connectivity index (χ0n) is 12.3. The molecule has 2 bridgehead atoms. The number of aromatic carboxylic acids is 1. The molecule has 3 nitrogen and oxygen atoms in total. The Kier molecular flexibility index (Phi) is 3.45. The summed E-state index contributed by atoms with van der Waals surface area (Å²) < 4.78 is 0. The Labute approximate surface area is 120 Å². The third-order valence-corrected chi connectivity index (χ3v) is 5.25. The maximum Gasteiger partial charge on any atom is 0.335 e. The van der Waals surface area contributed by atoms with Crippen LogP contribution >= 0.6 is 0 Å². The SMILES string of the molecule is Cc1cc(C(=O)O)ccc1N(C)CC1CC2CCC1C2. The van der Waals surface area contributed by atoms with E-state index in [0.717, 1.165) is 35.5 Å². The van der Waals surface area contributed by atoms with Gasteiger partial charge in [0.25, 0.3) is 0 Å². The van der Waals surface area contributed by atoms with Crippen LogP contribution in [-0.4, -0.2) is 24.7 Å². The highest BCUT2D eigenvalue weighted by molar-refractivity contribution is 5.88. The summed E-state index contributed by atoms with van der Waals surface area (Å²) in [4.78, 5) is 13.3. The van der Waals surface area contributed by atoms with Crippen LogP contribution in [0, 0.1) is 24.7 Å². The number of carboxylic acids is 1. The zero-order chi connectivity index (χ0) is 14.3. The molecule has 3 unspecified atom stereocenters. The second-order valence-electron chi connectivity index (χ2n) is 6.62. The minimum atomic E-state index is -0.851. The summed E-state index contributed by atoms with van der Waals surface area (Å²) in [5, 5.41) is 9.03. The third kappa shape index (κ3) is 2.41. The molecule has 0 saturated heterocycles. The molecule has 0 aliphatic heterocycles. The van der Waals surface area contributed by atoms with E-state index in [1.807, 2.05) is 13.0 Å². The summed E-state index contributed by atoms with van der Waals surface area (Å²) in [7, 11) is 2.13. The number of hydrogen-bond acceptors (Lipinski definition) is 2. The lowest BCUT2D eigenvalue weighted by Gasteiger charge is -2.29. The first-order chi connectivity index (χ1) is 9.54. The van der Waals surface area contributed by atoms with Crippen molar-refractivity contribution in [3.63, 3.8) is 0 Å². The van der Waals surface area contributed by atoms with E-state index >= 15 is 0 Å². The predicted octanol–water partition coefficient (Wildman–Crippen LogP) is 3.57. The van der Waals surface area contributed by atoms with Crippen LogP contribution < -0.4 is 4.90 Å². The van der Waals surface area contributed by atoms with Gasteiger partial charge in [-0.3, -0.25) is 0 Å². The van der Waals surface area contributed by atoms with E-state index in [1.54, 1.807) is 12.1 Å². The van der Waals surface area contributed by atoms with Crippen molar-refractivity contribution in [2.45, 2.75) is 32.6 Å². The van der Waals surface area contributed by atoms with Gasteiger partial charge in [0.15, 0.2) is 0 Å². The summed E-state index contributed by atoms with van der Waals surface area (Å²) in [5.41, 5.74) is 2.59. The maximum atomic E-state index is 11.0. The normalized spacial score (nSPS) is 27.8. The summed E-state index contributed by atoms with van der Waals surface area (Å²) >= 11 is 0. The monoisotopic (exact) mass is 273 g/mol. The standard InChI is InChI=1S/C17H23NO2/c1-11-7-14(17(19)20)5-6-16(11)18(2)10-15-9-12-3-4-13(15)8-12/h5-7,12-13,15H,3-4,8-10H2,1-2H3,(H,19,20). The molecule has 3 rings (SSSR count). The number of nitrogens with zero attached hydrogens (tertiary/aromatic N) is 1. The van der Waals surface area contributed by atoms with Gasteiger partial charge in [-0.25, -0.2) is 4.79 Å². The number of carboxylic acid groups (broad SMARTS) is 1. The molecule has 1 N–H and O–H groups in total. The highest BCUT2D eigenvalue weighted by Crippen LogP contribution is 2.48. The molecule has 1 aromatic rings. The minimum absolute atomic E-state index is 0.375. The van der Waals surface area contributed by atoms with Gasteiger partial charge in [-0.15, -0.1) is 0 Å². The number of rotatable bonds is 4. The molecule has 2 aliphatic carbocycles. The number of aryl methyl sites for hydroxylation is 1. The second kappa shape index (κ2) is 5.12. The van der Waals surface area contributed by atoms with Crippen LogP contribution in [0.1, 0.15) is 41.6 Å². The first-order valence-corrected chi connectivity index (χ1v) is 7.59. The topological polar surface area (TPSA) is 40.5 Å². The molecule has 0 heterocycles. The molecular formula is C17H23NO2. The van der Waals surface area contributed by atoms with Crippen molar-refractivity contribution in [1.29, 1.82) is 0 Å². The third-order valence-electron chi connectivity index (χ3n) is 5.25. The zero-order valence-corrected chi connectivity index (χ0v) is 12.3. The first-order valence-electron chi connectivity index (χ1n) is 7.59. The molecule has 2 fully saturated rings. The summed E-state index contributed by atoms with van der Waals surface area (Å²) in [6.45, 7) is 3.10. The quantitative estimate of drug-likeness (QED) is 0.911. The van der Waals surface area contributed by atoms with Crippen LogP contribution in [0.5, 0.6) is 0 Å². The molecule has 3 heteroatoms. The van der Waals surface area contributed by atoms with Crippen molar-refractivity contribution in [1.82, 2.24) is 0 Å². The average Bonchev–Trinajstić information content (AvgIpc) is 3.00. The molecule has 0 amide bonds. The van der Waals surface area contributed by atoms with Gasteiger partial charge in [-0.05, 0) is 67.7 Å². The van der Waals surface area contributed by atoms with Crippen LogP contribution in [0.3, 0.4) is 0 Å². The Morgan fingerprint density at radius 1 is 1.35 bits per heavy atom. The van der Waals surface area contributed by atoms with Crippen LogP contribution in [0.2, 0.25) is 0 Å². The molecule has 20 heavy (non-hydrogen) atoms. The van der Waals surface area contributed by atoms with Crippen LogP contribution in [0.15, 0.2) is 18.2 Å². The first kappa shape index (κ1) is 13.5. The van der Waals surface area contributed by atoms with E-state index in [9.17, 15) is 4.79 Å². The molecule has 0 radical (unpaired) electrons. The maximum absolute atomic E-state index is 11.0. The van der Waals surface area contributed by atoms with Crippen molar-refractivity contribution < 1.29 is 9.90 Å². The van der Waals surface area contributed by atoms with E-state index in [2.05, 4.69) is 11.9 Å². The smallest absolute Gasteiger partial charge is 0.335 e. The number of anilines is 1. The van der Waals surface area contributed by atoms with Crippen LogP contribution in [0.25, 0.3) is 0 Å². The molecule has 1 aromatic carbocycles. The average molecular weight is 273 g/mol.